The lowest BCUT2D eigenvalue weighted by Gasteiger charge is -2.32. The molecule has 0 aliphatic heterocycles. The smallest absolute Gasteiger partial charge is 0.260 e. The predicted molar refractivity (Wildman–Crippen MR) is 120 cm³/mol. The second kappa shape index (κ2) is 9.31. The number of nitrogens with zero attached hydrogens (tertiary/aromatic N) is 2. The van der Waals surface area contributed by atoms with Crippen LogP contribution in [0.3, 0.4) is 0 Å². The van der Waals surface area contributed by atoms with Crippen LogP contribution in [0.15, 0.2) is 65.8 Å². The Bertz CT molecular complexity index is 1100. The summed E-state index contributed by atoms with van der Waals surface area (Å²) in [6.07, 6.45) is 4.43. The Kier molecular flexibility index (Phi) is 6.98. The zero-order chi connectivity index (χ0) is 20.4. The molecule has 1 heterocycles. The Morgan fingerprint density at radius 1 is 1.13 bits per heavy atom. The first-order chi connectivity index (χ1) is 13.9. The monoisotopic (exact) mass is 446 g/mol. The molecule has 2 unspecified atom stereocenters. The molecule has 30 heavy (non-hydrogen) atoms. The Balaban J connectivity index is 0.00000256. The molecule has 1 aromatic heterocycles. The third kappa shape index (κ3) is 4.92. The van der Waals surface area contributed by atoms with E-state index < -0.39 is 10.0 Å². The minimum atomic E-state index is -3.64. The predicted octanol–water partition coefficient (Wildman–Crippen LogP) is 2.92. The van der Waals surface area contributed by atoms with E-state index in [2.05, 4.69) is 34.1 Å². The second-order valence-electron chi connectivity index (χ2n) is 7.68. The van der Waals surface area contributed by atoms with Gasteiger partial charge in [0.05, 0.1) is 0 Å². The van der Waals surface area contributed by atoms with Gasteiger partial charge in [-0.05, 0) is 47.6 Å². The highest BCUT2D eigenvalue weighted by Gasteiger charge is 2.27. The Labute approximate surface area is 184 Å². The lowest BCUT2D eigenvalue weighted by Crippen LogP contribution is -2.34. The molecule has 3 aromatic rings. The summed E-state index contributed by atoms with van der Waals surface area (Å²) in [7, 11) is -1.95. The minimum absolute atomic E-state index is 0. The average molecular weight is 447 g/mol. The van der Waals surface area contributed by atoms with E-state index in [1.807, 2.05) is 24.3 Å². The van der Waals surface area contributed by atoms with Crippen molar-refractivity contribution in [3.8, 4) is 0 Å². The van der Waals surface area contributed by atoms with E-state index in [1.54, 1.807) is 13.2 Å². The Hall–Kier alpha value is -2.19. The molecular weight excluding hydrogens is 420 g/mol. The third-order valence-corrected chi connectivity index (χ3v) is 6.90. The van der Waals surface area contributed by atoms with Crippen LogP contribution in [-0.4, -0.2) is 24.2 Å². The molecule has 0 spiro atoms. The molecular formula is C22H27ClN4O2S. The van der Waals surface area contributed by atoms with Crippen LogP contribution in [0, 0.1) is 0 Å². The van der Waals surface area contributed by atoms with Gasteiger partial charge < -0.3 is 5.73 Å². The normalized spacial score (nSPS) is 18.5. The van der Waals surface area contributed by atoms with Crippen molar-refractivity contribution in [2.24, 2.45) is 12.8 Å². The fourth-order valence-corrected chi connectivity index (χ4v) is 4.98. The van der Waals surface area contributed by atoms with E-state index in [0.717, 1.165) is 24.8 Å². The summed E-state index contributed by atoms with van der Waals surface area (Å²) in [6, 6.07) is 18.2. The van der Waals surface area contributed by atoms with Gasteiger partial charge in [-0.1, -0.05) is 48.5 Å². The maximum Gasteiger partial charge on any atom is 0.260 e. The van der Waals surface area contributed by atoms with Crippen molar-refractivity contribution in [1.29, 1.82) is 0 Å². The number of rotatable bonds is 6. The van der Waals surface area contributed by atoms with Crippen LogP contribution in [0.2, 0.25) is 0 Å². The number of hydrogen-bond acceptors (Lipinski definition) is 4. The van der Waals surface area contributed by atoms with Crippen molar-refractivity contribution in [2.75, 3.05) is 0 Å². The highest BCUT2D eigenvalue weighted by Crippen LogP contribution is 2.34. The molecule has 1 aliphatic rings. The van der Waals surface area contributed by atoms with Crippen molar-refractivity contribution >= 4 is 22.4 Å². The fourth-order valence-electron chi connectivity index (χ4n) is 4.00. The van der Waals surface area contributed by atoms with Gasteiger partial charge in [-0.2, -0.15) is 5.10 Å². The van der Waals surface area contributed by atoms with Gasteiger partial charge in [0.15, 0.2) is 5.03 Å². The fraction of sp³-hybridized carbons (Fsp3) is 0.318. The molecule has 0 amide bonds. The number of halogens is 1. The molecule has 160 valence electrons. The summed E-state index contributed by atoms with van der Waals surface area (Å²) in [5.74, 6) is 0.230. The van der Waals surface area contributed by atoms with Gasteiger partial charge in [0, 0.05) is 31.7 Å². The SMILES string of the molecule is Cl.Cn1ccc(S(=O)(=O)NCc2ccc3c(c2)C(Cc2ccccc2)C(N)CC3)n1. The lowest BCUT2D eigenvalue weighted by molar-refractivity contribution is 0.467. The Morgan fingerprint density at radius 3 is 2.60 bits per heavy atom. The summed E-state index contributed by atoms with van der Waals surface area (Å²) in [5.41, 5.74) is 11.2. The van der Waals surface area contributed by atoms with E-state index in [4.69, 9.17) is 5.73 Å². The van der Waals surface area contributed by atoms with E-state index in [9.17, 15) is 8.42 Å². The van der Waals surface area contributed by atoms with Gasteiger partial charge in [0.25, 0.3) is 10.0 Å². The quantitative estimate of drug-likeness (QED) is 0.609. The van der Waals surface area contributed by atoms with Crippen LogP contribution in [0.25, 0.3) is 0 Å². The first kappa shape index (κ1) is 22.5. The van der Waals surface area contributed by atoms with E-state index in [0.29, 0.717) is 0 Å². The van der Waals surface area contributed by atoms with Gasteiger partial charge in [-0.3, -0.25) is 4.68 Å². The van der Waals surface area contributed by atoms with Gasteiger partial charge >= 0.3 is 0 Å². The van der Waals surface area contributed by atoms with Gasteiger partial charge in [-0.15, -0.1) is 12.4 Å². The maximum atomic E-state index is 12.5. The van der Waals surface area contributed by atoms with Crippen LogP contribution in [0.5, 0.6) is 0 Å². The topological polar surface area (TPSA) is 90.0 Å². The number of sulfonamides is 1. The largest absolute Gasteiger partial charge is 0.327 e. The molecule has 1 aliphatic carbocycles. The van der Waals surface area contributed by atoms with Crippen molar-refractivity contribution in [2.45, 2.75) is 42.8 Å². The molecule has 3 N–H and O–H groups in total. The molecule has 2 aromatic carbocycles. The minimum Gasteiger partial charge on any atom is -0.327 e. The lowest BCUT2D eigenvalue weighted by atomic mass is 9.76. The first-order valence-electron chi connectivity index (χ1n) is 9.83. The number of benzene rings is 2. The van der Waals surface area contributed by atoms with E-state index in [1.165, 1.54) is 27.4 Å². The zero-order valence-corrected chi connectivity index (χ0v) is 18.5. The zero-order valence-electron chi connectivity index (χ0n) is 16.9. The number of hydrogen-bond donors (Lipinski definition) is 2. The molecule has 2 atom stereocenters. The molecule has 0 saturated heterocycles. The van der Waals surface area contributed by atoms with Gasteiger partial charge in [0.2, 0.25) is 0 Å². The van der Waals surface area contributed by atoms with Gasteiger partial charge in [0.1, 0.15) is 0 Å². The molecule has 0 bridgehead atoms. The van der Waals surface area contributed by atoms with Crippen LogP contribution in [0.4, 0.5) is 0 Å². The summed E-state index contributed by atoms with van der Waals surface area (Å²) >= 11 is 0. The van der Waals surface area contributed by atoms with Crippen molar-refractivity contribution in [1.82, 2.24) is 14.5 Å². The number of fused-ring (bicyclic) bond motifs is 1. The summed E-state index contributed by atoms with van der Waals surface area (Å²) in [4.78, 5) is 0. The highest BCUT2D eigenvalue weighted by atomic mass is 35.5. The molecule has 8 heteroatoms. The molecule has 4 rings (SSSR count). The molecule has 0 fully saturated rings. The number of aryl methyl sites for hydroxylation is 2. The number of nitrogens with one attached hydrogen (secondary N) is 1. The molecule has 6 nitrogen and oxygen atoms in total. The molecule has 0 radical (unpaired) electrons. The number of aromatic nitrogens is 2. The van der Waals surface area contributed by atoms with Crippen LogP contribution < -0.4 is 10.5 Å². The third-order valence-electron chi connectivity index (χ3n) is 5.60. The summed E-state index contributed by atoms with van der Waals surface area (Å²) in [6.45, 7) is 0.222. The van der Waals surface area contributed by atoms with Crippen molar-refractivity contribution < 1.29 is 8.42 Å². The van der Waals surface area contributed by atoms with Crippen LogP contribution in [0.1, 0.15) is 34.6 Å². The van der Waals surface area contributed by atoms with Crippen molar-refractivity contribution in [3.63, 3.8) is 0 Å². The van der Waals surface area contributed by atoms with Crippen LogP contribution >= 0.6 is 12.4 Å². The first-order valence-corrected chi connectivity index (χ1v) is 11.3. The highest BCUT2D eigenvalue weighted by molar-refractivity contribution is 7.89. The standard InChI is InChI=1S/C22H26N4O2S.ClH/c1-26-12-11-22(25-26)29(27,28)24-15-17-7-8-18-9-10-21(23)20(19(18)14-17)13-16-5-3-2-4-6-16;/h2-8,11-12,14,20-21,24H,9-10,13,15,23H2,1H3;1H. The summed E-state index contributed by atoms with van der Waals surface area (Å²) < 4.78 is 29.0. The second-order valence-corrected chi connectivity index (χ2v) is 9.40. The van der Waals surface area contributed by atoms with Crippen molar-refractivity contribution in [3.05, 3.63) is 83.0 Å². The molecule has 0 saturated carbocycles. The summed E-state index contributed by atoms with van der Waals surface area (Å²) in [5, 5.41) is 4.01. The van der Waals surface area contributed by atoms with Gasteiger partial charge in [-0.25, -0.2) is 13.1 Å². The van der Waals surface area contributed by atoms with Crippen LogP contribution in [-0.2, 0) is 36.5 Å². The van der Waals surface area contributed by atoms with E-state index in [-0.39, 0.29) is 35.9 Å². The maximum absolute atomic E-state index is 12.5. The number of nitrogens with two attached hydrogens (primary N) is 1. The van der Waals surface area contributed by atoms with E-state index >= 15 is 0 Å². The Morgan fingerprint density at radius 2 is 1.90 bits per heavy atom. The average Bonchev–Trinajstić information content (AvgIpc) is 3.17.